The Labute approximate surface area is 174 Å². The molecule has 2 fully saturated rings. The summed E-state index contributed by atoms with van der Waals surface area (Å²) in [6, 6.07) is 5.07. The highest BCUT2D eigenvalue weighted by Crippen LogP contribution is 2.33. The number of carbonyl (C=O) groups excluding carboxylic acids is 1. The van der Waals surface area contributed by atoms with Gasteiger partial charge in [-0.05, 0) is 31.0 Å². The zero-order valence-electron chi connectivity index (χ0n) is 17.0. The highest BCUT2D eigenvalue weighted by atomic mass is 32.2. The maximum Gasteiger partial charge on any atom is 0.573 e. The zero-order valence-corrected chi connectivity index (χ0v) is 17.8. The van der Waals surface area contributed by atoms with Crippen molar-refractivity contribution < 1.29 is 31.1 Å². The third-order valence-corrected chi connectivity index (χ3v) is 7.23. The second-order valence-electron chi connectivity index (χ2n) is 7.78. The van der Waals surface area contributed by atoms with Crippen molar-refractivity contribution >= 4 is 15.9 Å². The van der Waals surface area contributed by atoms with E-state index in [0.717, 1.165) is 25.0 Å². The molecular formula is C19H26F3N3O4S. The van der Waals surface area contributed by atoms with E-state index >= 15 is 0 Å². The molecule has 3 rings (SSSR count). The molecule has 1 atom stereocenters. The third kappa shape index (κ3) is 5.06. The maximum absolute atomic E-state index is 12.8. The van der Waals surface area contributed by atoms with E-state index in [1.54, 1.807) is 4.90 Å². The fraction of sp³-hybridized carbons (Fsp3) is 0.632. The number of benzene rings is 1. The van der Waals surface area contributed by atoms with Crippen LogP contribution in [0.3, 0.4) is 0 Å². The van der Waals surface area contributed by atoms with Gasteiger partial charge >= 0.3 is 6.36 Å². The number of alkyl halides is 3. The molecule has 2 aliphatic heterocycles. The number of nitrogens with zero attached hydrogens (tertiary/aromatic N) is 3. The van der Waals surface area contributed by atoms with Gasteiger partial charge < -0.3 is 9.64 Å². The molecule has 1 aromatic carbocycles. The van der Waals surface area contributed by atoms with Crippen LogP contribution in [0.5, 0.6) is 5.75 Å². The number of halogens is 3. The largest absolute Gasteiger partial charge is 0.573 e. The van der Waals surface area contributed by atoms with E-state index in [9.17, 15) is 26.4 Å². The average molecular weight is 449 g/mol. The molecule has 1 aromatic rings. The monoisotopic (exact) mass is 449 g/mol. The first-order valence-corrected chi connectivity index (χ1v) is 11.6. The van der Waals surface area contributed by atoms with Crippen molar-refractivity contribution in [3.05, 3.63) is 29.8 Å². The van der Waals surface area contributed by atoms with Gasteiger partial charge in [0, 0.05) is 50.4 Å². The molecule has 7 nitrogen and oxygen atoms in total. The van der Waals surface area contributed by atoms with Crippen molar-refractivity contribution in [3.63, 3.8) is 0 Å². The molecule has 0 spiro atoms. The molecular weight excluding hydrogens is 423 g/mol. The molecule has 0 aromatic heterocycles. The Morgan fingerprint density at radius 3 is 2.37 bits per heavy atom. The summed E-state index contributed by atoms with van der Waals surface area (Å²) in [7, 11) is -3.25. The summed E-state index contributed by atoms with van der Waals surface area (Å²) >= 11 is 0. The molecule has 2 heterocycles. The Balaban J connectivity index is 1.64. The van der Waals surface area contributed by atoms with E-state index in [4.69, 9.17) is 0 Å². The Kier molecular flexibility index (Phi) is 6.35. The number of sulfonamides is 1. The van der Waals surface area contributed by atoms with Gasteiger partial charge in [0.1, 0.15) is 5.75 Å². The van der Waals surface area contributed by atoms with E-state index in [1.165, 1.54) is 22.7 Å². The molecule has 0 N–H and O–H groups in total. The molecule has 30 heavy (non-hydrogen) atoms. The molecule has 0 unspecified atom stereocenters. The van der Waals surface area contributed by atoms with Crippen LogP contribution in [-0.4, -0.2) is 85.9 Å². The van der Waals surface area contributed by atoms with Crippen LogP contribution in [0, 0.1) is 0 Å². The van der Waals surface area contributed by atoms with Gasteiger partial charge in [0.05, 0.1) is 6.26 Å². The van der Waals surface area contributed by atoms with E-state index in [0.29, 0.717) is 39.3 Å². The summed E-state index contributed by atoms with van der Waals surface area (Å²) in [4.78, 5) is 16.6. The fourth-order valence-electron chi connectivity index (χ4n) is 4.27. The number of carbonyl (C=O) groups is 1. The summed E-state index contributed by atoms with van der Waals surface area (Å²) in [5, 5.41) is 0. The van der Waals surface area contributed by atoms with E-state index < -0.39 is 22.1 Å². The van der Waals surface area contributed by atoms with Crippen molar-refractivity contribution in [1.82, 2.24) is 14.1 Å². The lowest BCUT2D eigenvalue weighted by Gasteiger charge is -2.45. The van der Waals surface area contributed by atoms with Gasteiger partial charge in [-0.25, -0.2) is 12.7 Å². The number of hydrogen-bond donors (Lipinski definition) is 0. The SMILES string of the molecule is CC[C@@]1(N2CCN(C(=O)c3cccc(OC(F)(F)F)c3)CC2)CCN(S(C)(=O)=O)C1. The Morgan fingerprint density at radius 2 is 1.83 bits per heavy atom. The van der Waals surface area contributed by atoms with E-state index in [2.05, 4.69) is 9.64 Å². The topological polar surface area (TPSA) is 70.2 Å². The zero-order chi connectivity index (χ0) is 22.2. The lowest BCUT2D eigenvalue weighted by Crippen LogP contribution is -2.59. The second kappa shape index (κ2) is 8.35. The van der Waals surface area contributed by atoms with Gasteiger partial charge in [0.2, 0.25) is 10.0 Å². The minimum atomic E-state index is -4.82. The summed E-state index contributed by atoms with van der Waals surface area (Å²) in [5.74, 6) is -0.777. The number of ether oxygens (including phenoxy) is 1. The fourth-order valence-corrected chi connectivity index (χ4v) is 5.16. The summed E-state index contributed by atoms with van der Waals surface area (Å²) < 4.78 is 66.5. The molecule has 0 saturated carbocycles. The molecule has 1 amide bonds. The van der Waals surface area contributed by atoms with E-state index in [1.807, 2.05) is 6.92 Å². The van der Waals surface area contributed by atoms with Gasteiger partial charge in [-0.1, -0.05) is 13.0 Å². The van der Waals surface area contributed by atoms with Crippen LogP contribution in [0.15, 0.2) is 24.3 Å². The van der Waals surface area contributed by atoms with Crippen LogP contribution >= 0.6 is 0 Å². The van der Waals surface area contributed by atoms with Crippen molar-refractivity contribution in [1.29, 1.82) is 0 Å². The predicted molar refractivity (Wildman–Crippen MR) is 105 cm³/mol. The van der Waals surface area contributed by atoms with Gasteiger partial charge in [-0.2, -0.15) is 0 Å². The van der Waals surface area contributed by atoms with Gasteiger partial charge in [-0.15, -0.1) is 13.2 Å². The number of piperazine rings is 1. The van der Waals surface area contributed by atoms with Crippen LogP contribution in [0.4, 0.5) is 13.2 Å². The molecule has 0 radical (unpaired) electrons. The smallest absolute Gasteiger partial charge is 0.406 e. The van der Waals surface area contributed by atoms with Crippen LogP contribution in [0.2, 0.25) is 0 Å². The normalized spacial score (nSPS) is 24.2. The first-order valence-electron chi connectivity index (χ1n) is 9.79. The van der Waals surface area contributed by atoms with Crippen LogP contribution < -0.4 is 4.74 Å². The van der Waals surface area contributed by atoms with E-state index in [-0.39, 0.29) is 17.0 Å². The quantitative estimate of drug-likeness (QED) is 0.689. The highest BCUT2D eigenvalue weighted by Gasteiger charge is 2.45. The molecule has 0 bridgehead atoms. The minimum absolute atomic E-state index is 0.138. The van der Waals surface area contributed by atoms with Gasteiger partial charge in [0.15, 0.2) is 0 Å². The predicted octanol–water partition coefficient (Wildman–Crippen LogP) is 2.16. The van der Waals surface area contributed by atoms with Crippen molar-refractivity contribution in [2.24, 2.45) is 0 Å². The van der Waals surface area contributed by atoms with Crippen LogP contribution in [0.25, 0.3) is 0 Å². The standard InChI is InChI=1S/C19H26F3N3O4S/c1-3-18(7-8-25(14-18)30(2,27)28)24-11-9-23(10-12-24)17(26)15-5-4-6-16(13-15)29-19(20,21)22/h4-6,13H,3,7-12,14H2,1-2H3/t18-/m1/s1. The lowest BCUT2D eigenvalue weighted by atomic mass is 9.92. The van der Waals surface area contributed by atoms with Crippen molar-refractivity contribution in [3.8, 4) is 5.75 Å². The van der Waals surface area contributed by atoms with Crippen molar-refractivity contribution in [2.45, 2.75) is 31.7 Å². The van der Waals surface area contributed by atoms with Crippen molar-refractivity contribution in [2.75, 3.05) is 45.5 Å². The third-order valence-electron chi connectivity index (χ3n) is 5.98. The summed E-state index contributed by atoms with van der Waals surface area (Å²) in [5.41, 5.74) is -0.113. The number of amides is 1. The Hall–Kier alpha value is -1.85. The minimum Gasteiger partial charge on any atom is -0.406 e. The van der Waals surface area contributed by atoms with Crippen LogP contribution in [0.1, 0.15) is 30.1 Å². The molecule has 168 valence electrons. The average Bonchev–Trinajstić information content (AvgIpc) is 3.13. The van der Waals surface area contributed by atoms with Crippen LogP contribution in [-0.2, 0) is 10.0 Å². The second-order valence-corrected chi connectivity index (χ2v) is 9.76. The molecule has 0 aliphatic carbocycles. The Morgan fingerprint density at radius 1 is 1.17 bits per heavy atom. The highest BCUT2D eigenvalue weighted by molar-refractivity contribution is 7.88. The van der Waals surface area contributed by atoms with Gasteiger partial charge in [0.25, 0.3) is 5.91 Å². The number of rotatable bonds is 5. The summed E-state index contributed by atoms with van der Waals surface area (Å²) in [6.45, 7) is 4.96. The first-order chi connectivity index (χ1) is 13.9. The molecule has 2 saturated heterocycles. The Bertz CT molecular complexity index is 885. The first kappa shape index (κ1) is 22.8. The number of hydrogen-bond acceptors (Lipinski definition) is 5. The maximum atomic E-state index is 12.8. The molecule has 11 heteroatoms. The van der Waals surface area contributed by atoms with Gasteiger partial charge in [-0.3, -0.25) is 9.69 Å². The lowest BCUT2D eigenvalue weighted by molar-refractivity contribution is -0.274. The summed E-state index contributed by atoms with van der Waals surface area (Å²) in [6.07, 6.45) is -2.07. The molecule has 2 aliphatic rings.